The van der Waals surface area contributed by atoms with Crippen LogP contribution in [-0.4, -0.2) is 40.7 Å². The normalized spacial score (nSPS) is 18.8. The van der Waals surface area contributed by atoms with Gasteiger partial charge in [-0.15, -0.1) is 0 Å². The Morgan fingerprint density at radius 1 is 1.16 bits per heavy atom. The van der Waals surface area contributed by atoms with Crippen molar-refractivity contribution in [1.29, 1.82) is 0 Å². The Kier molecular flexibility index (Phi) is 6.30. The first kappa shape index (κ1) is 16.5. The van der Waals surface area contributed by atoms with Crippen LogP contribution in [0.5, 0.6) is 0 Å². The Hall–Kier alpha value is -0.580. The molecule has 1 aliphatic heterocycles. The summed E-state index contributed by atoms with van der Waals surface area (Å²) in [5.41, 5.74) is 0. The lowest BCUT2D eigenvalue weighted by Gasteiger charge is -2.34. The summed E-state index contributed by atoms with van der Waals surface area (Å²) >= 11 is 3.46. The van der Waals surface area contributed by atoms with Crippen LogP contribution in [0.25, 0.3) is 0 Å². The molecule has 0 aromatic carbocycles. The lowest BCUT2D eigenvalue weighted by molar-refractivity contribution is -0.132. The number of rotatable bonds is 4. The van der Waals surface area contributed by atoms with Crippen molar-refractivity contribution in [3.05, 3.63) is 0 Å². The van der Waals surface area contributed by atoms with E-state index in [1.54, 1.807) is 0 Å². The monoisotopic (exact) mass is 332 g/mol. The molecule has 1 unspecified atom stereocenters. The number of carbonyl (C=O) groups is 2. The number of carbonyl (C=O) groups excluding carboxylic acids is 2. The van der Waals surface area contributed by atoms with Gasteiger partial charge in [-0.3, -0.25) is 9.59 Å². The van der Waals surface area contributed by atoms with Crippen molar-refractivity contribution in [3.8, 4) is 0 Å². The van der Waals surface area contributed by atoms with Crippen molar-refractivity contribution in [1.82, 2.24) is 10.2 Å². The molecule has 0 bridgehead atoms. The summed E-state index contributed by atoms with van der Waals surface area (Å²) in [6.45, 7) is 9.32. The van der Waals surface area contributed by atoms with Gasteiger partial charge in [-0.05, 0) is 18.8 Å². The Morgan fingerprint density at radius 2 is 1.68 bits per heavy atom. The smallest absolute Gasteiger partial charge is 0.236 e. The van der Waals surface area contributed by atoms with Crippen molar-refractivity contribution in [2.45, 2.75) is 51.4 Å². The first-order chi connectivity index (χ1) is 8.82. The van der Waals surface area contributed by atoms with E-state index in [0.717, 1.165) is 25.9 Å². The number of hydrogen-bond donors (Lipinski definition) is 1. The van der Waals surface area contributed by atoms with Gasteiger partial charge in [0.25, 0.3) is 0 Å². The quantitative estimate of drug-likeness (QED) is 0.802. The van der Waals surface area contributed by atoms with Gasteiger partial charge in [-0.1, -0.05) is 43.6 Å². The topological polar surface area (TPSA) is 49.4 Å². The van der Waals surface area contributed by atoms with Gasteiger partial charge in [0.2, 0.25) is 11.8 Å². The molecule has 1 aliphatic rings. The molecule has 0 saturated carbocycles. The van der Waals surface area contributed by atoms with Crippen LogP contribution in [0.1, 0.15) is 40.5 Å². The highest BCUT2D eigenvalue weighted by molar-refractivity contribution is 9.10. The number of hydrogen-bond acceptors (Lipinski definition) is 2. The van der Waals surface area contributed by atoms with Gasteiger partial charge in [0, 0.05) is 25.0 Å². The minimum absolute atomic E-state index is 0.0209. The molecule has 1 rings (SSSR count). The molecule has 2 amide bonds. The van der Waals surface area contributed by atoms with E-state index < -0.39 is 0 Å². The van der Waals surface area contributed by atoms with Gasteiger partial charge in [0.15, 0.2) is 0 Å². The van der Waals surface area contributed by atoms with Crippen LogP contribution in [0.3, 0.4) is 0 Å². The molecule has 110 valence electrons. The minimum atomic E-state index is -0.102. The minimum Gasteiger partial charge on any atom is -0.353 e. The number of nitrogens with zero attached hydrogens (tertiary/aromatic N) is 1. The fraction of sp³-hybridized carbons (Fsp3) is 0.857. The van der Waals surface area contributed by atoms with Crippen LogP contribution in [0.15, 0.2) is 0 Å². The van der Waals surface area contributed by atoms with Crippen molar-refractivity contribution >= 4 is 27.7 Å². The van der Waals surface area contributed by atoms with Crippen LogP contribution in [-0.2, 0) is 9.59 Å². The highest BCUT2D eigenvalue weighted by Crippen LogP contribution is 2.19. The molecule has 0 aliphatic carbocycles. The predicted octanol–water partition coefficient (Wildman–Crippen LogP) is 2.17. The molecule has 1 saturated heterocycles. The van der Waals surface area contributed by atoms with E-state index >= 15 is 0 Å². The lowest BCUT2D eigenvalue weighted by atomic mass is 10.0. The molecular weight excluding hydrogens is 308 g/mol. The third kappa shape index (κ3) is 4.79. The maximum Gasteiger partial charge on any atom is 0.236 e. The van der Waals surface area contributed by atoms with Crippen LogP contribution in [0, 0.1) is 11.8 Å². The summed E-state index contributed by atoms with van der Waals surface area (Å²) in [5.74, 6) is 0.590. The Balaban J connectivity index is 2.41. The third-order valence-electron chi connectivity index (χ3n) is 3.50. The average molecular weight is 333 g/mol. The maximum atomic E-state index is 12.2. The lowest BCUT2D eigenvalue weighted by Crippen LogP contribution is -2.49. The molecule has 0 aromatic rings. The van der Waals surface area contributed by atoms with E-state index in [0.29, 0.717) is 5.92 Å². The molecule has 0 radical (unpaired) electrons. The Morgan fingerprint density at radius 3 is 2.11 bits per heavy atom. The fourth-order valence-electron chi connectivity index (χ4n) is 2.07. The molecule has 1 heterocycles. The number of nitrogens with one attached hydrogen (secondary N) is 1. The molecule has 0 aromatic heterocycles. The summed E-state index contributed by atoms with van der Waals surface area (Å²) < 4.78 is 0. The van der Waals surface area contributed by atoms with Crippen molar-refractivity contribution < 1.29 is 9.59 Å². The second-order valence-electron chi connectivity index (χ2n) is 5.91. The maximum absolute atomic E-state index is 12.2. The molecule has 1 N–H and O–H groups in total. The van der Waals surface area contributed by atoms with E-state index in [9.17, 15) is 9.59 Å². The summed E-state index contributed by atoms with van der Waals surface area (Å²) in [6, 6.07) is 0.215. The van der Waals surface area contributed by atoms with E-state index in [1.165, 1.54) is 0 Å². The van der Waals surface area contributed by atoms with Crippen LogP contribution in [0.2, 0.25) is 0 Å². The van der Waals surface area contributed by atoms with Gasteiger partial charge in [0.1, 0.15) is 0 Å². The third-order valence-corrected chi connectivity index (χ3v) is 4.95. The molecule has 0 spiro atoms. The van der Waals surface area contributed by atoms with E-state index in [-0.39, 0.29) is 28.6 Å². The van der Waals surface area contributed by atoms with Crippen LogP contribution >= 0.6 is 15.9 Å². The summed E-state index contributed by atoms with van der Waals surface area (Å²) in [7, 11) is 0. The van der Waals surface area contributed by atoms with Gasteiger partial charge in [-0.2, -0.15) is 0 Å². The zero-order valence-electron chi connectivity index (χ0n) is 12.3. The van der Waals surface area contributed by atoms with Gasteiger partial charge in [-0.25, -0.2) is 0 Å². The molecule has 4 nitrogen and oxygen atoms in total. The Bertz CT molecular complexity index is 323. The van der Waals surface area contributed by atoms with Gasteiger partial charge < -0.3 is 10.2 Å². The second-order valence-corrected chi connectivity index (χ2v) is 6.90. The Labute approximate surface area is 124 Å². The number of likely N-dealkylation sites (tertiary alicyclic amines) is 1. The van der Waals surface area contributed by atoms with E-state index in [2.05, 4.69) is 21.2 Å². The van der Waals surface area contributed by atoms with Gasteiger partial charge in [0.05, 0.1) is 4.83 Å². The van der Waals surface area contributed by atoms with Crippen LogP contribution < -0.4 is 5.32 Å². The molecular formula is C14H25BrN2O2. The molecule has 5 heteroatoms. The van der Waals surface area contributed by atoms with Crippen molar-refractivity contribution in [2.75, 3.05) is 13.1 Å². The second kappa shape index (κ2) is 7.27. The fourth-order valence-corrected chi connectivity index (χ4v) is 2.36. The number of halogens is 1. The van der Waals surface area contributed by atoms with Crippen molar-refractivity contribution in [2.24, 2.45) is 11.8 Å². The largest absolute Gasteiger partial charge is 0.353 e. The first-order valence-electron chi connectivity index (χ1n) is 7.06. The van der Waals surface area contributed by atoms with Crippen molar-refractivity contribution in [3.63, 3.8) is 0 Å². The predicted molar refractivity (Wildman–Crippen MR) is 80.1 cm³/mol. The van der Waals surface area contributed by atoms with E-state index in [1.807, 2.05) is 32.6 Å². The zero-order valence-corrected chi connectivity index (χ0v) is 13.9. The molecule has 1 fully saturated rings. The number of piperidine rings is 1. The zero-order chi connectivity index (χ0) is 14.6. The van der Waals surface area contributed by atoms with Crippen LogP contribution in [0.4, 0.5) is 0 Å². The highest BCUT2D eigenvalue weighted by Gasteiger charge is 2.28. The number of alkyl halides is 1. The highest BCUT2D eigenvalue weighted by atomic mass is 79.9. The first-order valence-corrected chi connectivity index (χ1v) is 7.97. The summed E-state index contributed by atoms with van der Waals surface area (Å²) in [4.78, 5) is 25.6. The molecule has 19 heavy (non-hydrogen) atoms. The van der Waals surface area contributed by atoms with Gasteiger partial charge >= 0.3 is 0 Å². The van der Waals surface area contributed by atoms with E-state index in [4.69, 9.17) is 0 Å². The number of amides is 2. The molecule has 1 atom stereocenters. The standard InChI is InChI=1S/C14H25BrN2O2/c1-9(2)12(15)14(19)17-7-5-11(6-8-17)16-13(18)10(3)4/h9-12H,5-8H2,1-4H3,(H,16,18). The average Bonchev–Trinajstić information content (AvgIpc) is 2.37. The summed E-state index contributed by atoms with van der Waals surface area (Å²) in [6.07, 6.45) is 1.70. The summed E-state index contributed by atoms with van der Waals surface area (Å²) in [5, 5.41) is 3.04. The SMILES string of the molecule is CC(C)C(=O)NC1CCN(C(=O)C(Br)C(C)C)CC1.